The molecular formula is C24H21N3O2S. The number of rotatable bonds is 7. The molecule has 0 spiro atoms. The Morgan fingerprint density at radius 3 is 2.77 bits per heavy atom. The van der Waals surface area contributed by atoms with Gasteiger partial charge in [0.1, 0.15) is 12.4 Å². The second-order valence-corrected chi connectivity index (χ2v) is 7.79. The monoisotopic (exact) mass is 415 g/mol. The lowest BCUT2D eigenvalue weighted by atomic mass is 10.2. The summed E-state index contributed by atoms with van der Waals surface area (Å²) in [7, 11) is 0. The van der Waals surface area contributed by atoms with Crippen molar-refractivity contribution in [2.75, 3.05) is 5.75 Å². The SMILES string of the molecule is O=C(CSC1=Nc2ccccc2C1)N/N=C/c1cccc(OCc2ccccc2)c1. The minimum Gasteiger partial charge on any atom is -0.489 e. The molecule has 1 aliphatic rings. The molecule has 0 saturated heterocycles. The van der Waals surface area contributed by atoms with E-state index in [-0.39, 0.29) is 11.7 Å². The van der Waals surface area contributed by atoms with E-state index < -0.39 is 0 Å². The van der Waals surface area contributed by atoms with Gasteiger partial charge in [-0.2, -0.15) is 5.10 Å². The number of hydrogen-bond acceptors (Lipinski definition) is 5. The minimum atomic E-state index is -0.161. The van der Waals surface area contributed by atoms with Crippen LogP contribution >= 0.6 is 11.8 Å². The molecule has 0 saturated carbocycles. The first-order chi connectivity index (χ1) is 14.8. The van der Waals surface area contributed by atoms with Gasteiger partial charge in [0, 0.05) is 6.42 Å². The van der Waals surface area contributed by atoms with E-state index in [1.807, 2.05) is 72.8 Å². The van der Waals surface area contributed by atoms with Crippen LogP contribution in [-0.2, 0) is 17.8 Å². The molecule has 0 radical (unpaired) electrons. The fraction of sp³-hybridized carbons (Fsp3) is 0.125. The van der Waals surface area contributed by atoms with Gasteiger partial charge in [0.2, 0.25) is 5.91 Å². The van der Waals surface area contributed by atoms with Crippen LogP contribution in [0, 0.1) is 0 Å². The van der Waals surface area contributed by atoms with Crippen LogP contribution in [-0.4, -0.2) is 22.9 Å². The maximum Gasteiger partial charge on any atom is 0.250 e. The fourth-order valence-corrected chi connectivity index (χ4v) is 3.76. The molecule has 30 heavy (non-hydrogen) atoms. The number of hydrazone groups is 1. The topological polar surface area (TPSA) is 63.0 Å². The third-order valence-electron chi connectivity index (χ3n) is 4.46. The number of ether oxygens (including phenoxy) is 1. The zero-order valence-corrected chi connectivity index (χ0v) is 17.1. The molecule has 3 aromatic rings. The molecule has 0 aromatic heterocycles. The van der Waals surface area contributed by atoms with E-state index in [0.29, 0.717) is 6.61 Å². The van der Waals surface area contributed by atoms with Crippen molar-refractivity contribution in [2.45, 2.75) is 13.0 Å². The Hall–Kier alpha value is -3.38. The van der Waals surface area contributed by atoms with Crippen molar-refractivity contribution in [2.24, 2.45) is 10.1 Å². The average molecular weight is 416 g/mol. The lowest BCUT2D eigenvalue weighted by molar-refractivity contribution is -0.118. The van der Waals surface area contributed by atoms with E-state index in [1.54, 1.807) is 6.21 Å². The lowest BCUT2D eigenvalue weighted by Crippen LogP contribution is -2.20. The fourth-order valence-electron chi connectivity index (χ4n) is 2.97. The summed E-state index contributed by atoms with van der Waals surface area (Å²) in [5.74, 6) is 0.875. The Bertz CT molecular complexity index is 1080. The van der Waals surface area contributed by atoms with E-state index in [1.165, 1.54) is 17.3 Å². The van der Waals surface area contributed by atoms with Gasteiger partial charge in [-0.1, -0.05) is 60.7 Å². The molecule has 150 valence electrons. The molecule has 1 heterocycles. The molecule has 4 rings (SSSR count). The summed E-state index contributed by atoms with van der Waals surface area (Å²) in [6.07, 6.45) is 2.40. The number of amides is 1. The number of para-hydroxylation sites is 1. The van der Waals surface area contributed by atoms with E-state index in [4.69, 9.17) is 4.74 Å². The lowest BCUT2D eigenvalue weighted by Gasteiger charge is -2.06. The number of fused-ring (bicyclic) bond motifs is 1. The standard InChI is InChI=1S/C24H21N3O2S/c28-23(17-30-24-14-20-10-4-5-12-22(20)26-24)27-25-15-19-9-6-11-21(13-19)29-16-18-7-2-1-3-8-18/h1-13,15H,14,16-17H2,(H,27,28)/b25-15+. The second kappa shape index (κ2) is 9.89. The number of aliphatic imine (C=N–C) groups is 1. The highest BCUT2D eigenvalue weighted by atomic mass is 32.2. The first kappa shape index (κ1) is 19.9. The van der Waals surface area contributed by atoms with Crippen LogP contribution in [0.25, 0.3) is 0 Å². The Labute approximate surface area is 179 Å². The molecule has 0 bridgehead atoms. The molecule has 5 nitrogen and oxygen atoms in total. The summed E-state index contributed by atoms with van der Waals surface area (Å²) >= 11 is 1.45. The predicted molar refractivity (Wildman–Crippen MR) is 123 cm³/mol. The summed E-state index contributed by atoms with van der Waals surface area (Å²) in [6, 6.07) is 25.6. The van der Waals surface area contributed by atoms with Crippen LogP contribution in [0.4, 0.5) is 5.69 Å². The number of carbonyl (C=O) groups is 1. The Balaban J connectivity index is 1.23. The van der Waals surface area contributed by atoms with Gasteiger partial charge < -0.3 is 4.74 Å². The van der Waals surface area contributed by atoms with Crippen LogP contribution in [0.1, 0.15) is 16.7 Å². The average Bonchev–Trinajstić information content (AvgIpc) is 3.20. The summed E-state index contributed by atoms with van der Waals surface area (Å²) in [6.45, 7) is 0.503. The van der Waals surface area contributed by atoms with Crippen LogP contribution in [0.5, 0.6) is 5.75 Å². The number of nitrogens with zero attached hydrogens (tertiary/aromatic N) is 2. The highest BCUT2D eigenvalue weighted by molar-refractivity contribution is 8.14. The van der Waals surface area contributed by atoms with Gasteiger partial charge in [-0.25, -0.2) is 10.4 Å². The zero-order chi connectivity index (χ0) is 20.6. The normalized spacial score (nSPS) is 12.5. The Kier molecular flexibility index (Phi) is 6.57. The minimum absolute atomic E-state index is 0.161. The van der Waals surface area contributed by atoms with E-state index in [0.717, 1.165) is 34.0 Å². The Morgan fingerprint density at radius 1 is 1.07 bits per heavy atom. The number of carbonyl (C=O) groups excluding carboxylic acids is 1. The molecule has 0 unspecified atom stereocenters. The third-order valence-corrected chi connectivity index (χ3v) is 5.43. The number of thioether (sulfide) groups is 1. The highest BCUT2D eigenvalue weighted by Crippen LogP contribution is 2.29. The van der Waals surface area contributed by atoms with Crippen LogP contribution in [0.2, 0.25) is 0 Å². The molecule has 3 aromatic carbocycles. The third kappa shape index (κ3) is 5.58. The molecule has 1 aliphatic heterocycles. The summed E-state index contributed by atoms with van der Waals surface area (Å²) < 4.78 is 5.82. The van der Waals surface area contributed by atoms with Gasteiger partial charge in [-0.15, -0.1) is 11.8 Å². The van der Waals surface area contributed by atoms with Gasteiger partial charge in [-0.3, -0.25) is 4.79 Å². The van der Waals surface area contributed by atoms with Crippen molar-refractivity contribution < 1.29 is 9.53 Å². The van der Waals surface area contributed by atoms with Crippen molar-refractivity contribution >= 4 is 34.6 Å². The number of benzene rings is 3. The van der Waals surface area contributed by atoms with E-state index >= 15 is 0 Å². The molecule has 6 heteroatoms. The van der Waals surface area contributed by atoms with Crippen molar-refractivity contribution in [1.29, 1.82) is 0 Å². The van der Waals surface area contributed by atoms with Gasteiger partial charge in [0.25, 0.3) is 0 Å². The van der Waals surface area contributed by atoms with Crippen molar-refractivity contribution in [3.05, 3.63) is 95.6 Å². The second-order valence-electron chi connectivity index (χ2n) is 6.74. The molecule has 0 aliphatic carbocycles. The molecule has 0 atom stereocenters. The summed E-state index contributed by atoms with van der Waals surface area (Å²) in [5.41, 5.74) is 6.72. The molecule has 1 N–H and O–H groups in total. The summed E-state index contributed by atoms with van der Waals surface area (Å²) in [5, 5.41) is 5.01. The van der Waals surface area contributed by atoms with Gasteiger partial charge in [0.05, 0.1) is 22.7 Å². The zero-order valence-electron chi connectivity index (χ0n) is 16.3. The quantitative estimate of drug-likeness (QED) is 0.448. The molecule has 1 amide bonds. The Morgan fingerprint density at radius 2 is 1.90 bits per heavy atom. The maximum absolute atomic E-state index is 12.1. The van der Waals surface area contributed by atoms with Gasteiger partial charge >= 0.3 is 0 Å². The smallest absolute Gasteiger partial charge is 0.250 e. The first-order valence-corrected chi connectivity index (χ1v) is 10.6. The van der Waals surface area contributed by atoms with Crippen LogP contribution < -0.4 is 10.2 Å². The van der Waals surface area contributed by atoms with Crippen molar-refractivity contribution in [3.8, 4) is 5.75 Å². The van der Waals surface area contributed by atoms with E-state index in [9.17, 15) is 4.79 Å². The van der Waals surface area contributed by atoms with Crippen molar-refractivity contribution in [3.63, 3.8) is 0 Å². The largest absolute Gasteiger partial charge is 0.489 e. The number of nitrogens with one attached hydrogen (secondary N) is 1. The summed E-state index contributed by atoms with van der Waals surface area (Å²) in [4.78, 5) is 16.6. The van der Waals surface area contributed by atoms with Crippen LogP contribution in [0.3, 0.4) is 0 Å². The van der Waals surface area contributed by atoms with Crippen molar-refractivity contribution in [1.82, 2.24) is 5.43 Å². The molecular weight excluding hydrogens is 394 g/mol. The predicted octanol–water partition coefficient (Wildman–Crippen LogP) is 4.74. The van der Waals surface area contributed by atoms with Gasteiger partial charge in [-0.05, 0) is 34.9 Å². The molecule has 0 fully saturated rings. The number of hydrogen-bond donors (Lipinski definition) is 1. The van der Waals surface area contributed by atoms with E-state index in [2.05, 4.69) is 21.6 Å². The maximum atomic E-state index is 12.1. The van der Waals surface area contributed by atoms with Gasteiger partial charge in [0.15, 0.2) is 0 Å². The van der Waals surface area contributed by atoms with Crippen LogP contribution in [0.15, 0.2) is 89.0 Å². The first-order valence-electron chi connectivity index (χ1n) is 9.63. The highest BCUT2D eigenvalue weighted by Gasteiger charge is 2.15.